The van der Waals surface area contributed by atoms with Crippen LogP contribution in [0.1, 0.15) is 10.4 Å². The van der Waals surface area contributed by atoms with Gasteiger partial charge in [-0.3, -0.25) is 14.9 Å². The molecule has 22 heavy (non-hydrogen) atoms. The molecule has 1 N–H and O–H groups in total. The molecule has 1 heterocycles. The smallest absolute Gasteiger partial charge is 0.273 e. The topological polar surface area (TPSA) is 98.9 Å². The van der Waals surface area contributed by atoms with Gasteiger partial charge in [-0.1, -0.05) is 6.07 Å². The van der Waals surface area contributed by atoms with Crippen molar-refractivity contribution in [3.8, 4) is 17.2 Å². The molecule has 0 fully saturated rings. The maximum Gasteiger partial charge on any atom is 0.273 e. The lowest BCUT2D eigenvalue weighted by atomic mass is 10.0. The average molecular weight is 301 g/mol. The highest BCUT2D eigenvalue weighted by atomic mass is 16.6. The van der Waals surface area contributed by atoms with E-state index in [0.717, 1.165) is 0 Å². The molecule has 0 radical (unpaired) electrons. The first kappa shape index (κ1) is 13.9. The predicted molar refractivity (Wildman–Crippen MR) is 75.4 cm³/mol. The molecule has 1 aliphatic rings. The van der Waals surface area contributed by atoms with Gasteiger partial charge in [0.1, 0.15) is 23.9 Å². The summed E-state index contributed by atoms with van der Waals surface area (Å²) in [5, 5.41) is 20.1. The van der Waals surface area contributed by atoms with Gasteiger partial charge in [0.25, 0.3) is 5.69 Å². The monoisotopic (exact) mass is 301 g/mol. The molecule has 3 rings (SSSR count). The van der Waals surface area contributed by atoms with Gasteiger partial charge in [-0.15, -0.1) is 0 Å². The quantitative estimate of drug-likeness (QED) is 0.690. The van der Waals surface area contributed by atoms with Crippen LogP contribution in [0.4, 0.5) is 5.69 Å². The summed E-state index contributed by atoms with van der Waals surface area (Å²) < 4.78 is 10.9. The summed E-state index contributed by atoms with van der Waals surface area (Å²) in [6.45, 7) is -0.0298. The first-order chi connectivity index (χ1) is 10.5. The number of non-ortho nitro benzene ring substituents is 1. The van der Waals surface area contributed by atoms with Crippen molar-refractivity contribution in [2.75, 3.05) is 6.61 Å². The number of phenols is 1. The number of nitro benzene ring substituents is 1. The van der Waals surface area contributed by atoms with E-state index in [9.17, 15) is 20.0 Å². The van der Waals surface area contributed by atoms with Crippen LogP contribution >= 0.6 is 0 Å². The summed E-state index contributed by atoms with van der Waals surface area (Å²) in [6.07, 6.45) is -0.890. The van der Waals surface area contributed by atoms with Gasteiger partial charge in [0, 0.05) is 12.1 Å². The molecule has 1 unspecified atom stereocenters. The molecule has 7 heteroatoms. The summed E-state index contributed by atoms with van der Waals surface area (Å²) in [6, 6.07) is 9.80. The molecule has 7 nitrogen and oxygen atoms in total. The van der Waals surface area contributed by atoms with Crippen LogP contribution in [-0.2, 0) is 0 Å². The number of ether oxygens (including phenoxy) is 2. The number of hydrogen-bond acceptors (Lipinski definition) is 6. The molecule has 0 spiro atoms. The second-order valence-electron chi connectivity index (χ2n) is 4.72. The van der Waals surface area contributed by atoms with E-state index < -0.39 is 11.0 Å². The predicted octanol–water partition coefficient (Wildman–Crippen LogP) is 2.32. The highest BCUT2D eigenvalue weighted by molar-refractivity contribution is 6.03. The SMILES string of the molecule is O=C1c2ccc(O)cc2OCC1Oc1cccc([N+](=O)[O-])c1. The van der Waals surface area contributed by atoms with E-state index in [1.807, 2.05) is 0 Å². The number of aromatic hydroxyl groups is 1. The van der Waals surface area contributed by atoms with E-state index >= 15 is 0 Å². The van der Waals surface area contributed by atoms with Crippen molar-refractivity contribution < 1.29 is 24.3 Å². The largest absolute Gasteiger partial charge is 0.508 e. The van der Waals surface area contributed by atoms with Gasteiger partial charge in [0.05, 0.1) is 16.6 Å². The van der Waals surface area contributed by atoms with Gasteiger partial charge >= 0.3 is 0 Å². The van der Waals surface area contributed by atoms with Gasteiger partial charge in [0.15, 0.2) is 6.10 Å². The third-order valence-electron chi connectivity index (χ3n) is 3.22. The van der Waals surface area contributed by atoms with Crippen LogP contribution in [0.15, 0.2) is 42.5 Å². The minimum atomic E-state index is -0.890. The van der Waals surface area contributed by atoms with Crippen LogP contribution < -0.4 is 9.47 Å². The van der Waals surface area contributed by atoms with Gasteiger partial charge in [-0.05, 0) is 18.2 Å². The Balaban J connectivity index is 1.82. The molecule has 2 aromatic rings. The molecule has 0 saturated carbocycles. The number of carbonyl (C=O) groups excluding carboxylic acids is 1. The lowest BCUT2D eigenvalue weighted by Gasteiger charge is -2.24. The van der Waals surface area contributed by atoms with Gasteiger partial charge in [-0.25, -0.2) is 0 Å². The maximum absolute atomic E-state index is 12.3. The second kappa shape index (κ2) is 5.36. The van der Waals surface area contributed by atoms with Crippen LogP contribution in [0.2, 0.25) is 0 Å². The lowest BCUT2D eigenvalue weighted by molar-refractivity contribution is -0.384. The summed E-state index contributed by atoms with van der Waals surface area (Å²) in [4.78, 5) is 22.5. The summed E-state index contributed by atoms with van der Waals surface area (Å²) in [5.74, 6) is 0.222. The third kappa shape index (κ3) is 2.56. The van der Waals surface area contributed by atoms with Gasteiger partial charge in [-0.2, -0.15) is 0 Å². The van der Waals surface area contributed by atoms with E-state index in [-0.39, 0.29) is 29.6 Å². The molecule has 0 aliphatic carbocycles. The van der Waals surface area contributed by atoms with Crippen molar-refractivity contribution >= 4 is 11.5 Å². The van der Waals surface area contributed by atoms with E-state index in [0.29, 0.717) is 11.3 Å². The fraction of sp³-hybridized carbons (Fsp3) is 0.133. The minimum Gasteiger partial charge on any atom is -0.508 e. The van der Waals surface area contributed by atoms with E-state index in [1.165, 1.54) is 42.5 Å². The fourth-order valence-electron chi connectivity index (χ4n) is 2.17. The summed E-state index contributed by atoms with van der Waals surface area (Å²) in [5.41, 5.74) is 0.187. The molecule has 2 aromatic carbocycles. The maximum atomic E-state index is 12.3. The molecule has 1 atom stereocenters. The number of nitro groups is 1. The number of hydrogen-bond donors (Lipinski definition) is 1. The Morgan fingerprint density at radius 2 is 2.09 bits per heavy atom. The van der Waals surface area contributed by atoms with Crippen LogP contribution in [0.5, 0.6) is 17.2 Å². The Morgan fingerprint density at radius 1 is 1.27 bits per heavy atom. The van der Waals surface area contributed by atoms with Crippen molar-refractivity contribution in [1.29, 1.82) is 0 Å². The lowest BCUT2D eigenvalue weighted by Crippen LogP contribution is -2.37. The molecule has 112 valence electrons. The highest BCUT2D eigenvalue weighted by Gasteiger charge is 2.31. The average Bonchev–Trinajstić information content (AvgIpc) is 2.50. The molecule has 0 bridgehead atoms. The van der Waals surface area contributed by atoms with Crippen molar-refractivity contribution in [1.82, 2.24) is 0 Å². The fourth-order valence-corrected chi connectivity index (χ4v) is 2.17. The van der Waals surface area contributed by atoms with Crippen molar-refractivity contribution in [3.63, 3.8) is 0 Å². The number of Topliss-reactive ketones (excluding diaryl/α,β-unsaturated/α-hetero) is 1. The zero-order valence-electron chi connectivity index (χ0n) is 11.3. The first-order valence-electron chi connectivity index (χ1n) is 6.46. The standard InChI is InChI=1S/C15H11NO6/c17-10-4-5-12-13(7-10)21-8-14(15(12)18)22-11-3-1-2-9(6-11)16(19)20/h1-7,14,17H,8H2. The van der Waals surface area contributed by atoms with E-state index in [1.54, 1.807) is 0 Å². The third-order valence-corrected chi connectivity index (χ3v) is 3.22. The van der Waals surface area contributed by atoms with Gasteiger partial charge in [0.2, 0.25) is 5.78 Å². The summed E-state index contributed by atoms with van der Waals surface area (Å²) in [7, 11) is 0. The van der Waals surface area contributed by atoms with Crippen molar-refractivity contribution in [2.45, 2.75) is 6.10 Å². The van der Waals surface area contributed by atoms with Crippen LogP contribution in [0.3, 0.4) is 0 Å². The molecule has 0 aromatic heterocycles. The Bertz CT molecular complexity index is 757. The molecular weight excluding hydrogens is 290 g/mol. The molecule has 0 amide bonds. The van der Waals surface area contributed by atoms with E-state index in [2.05, 4.69) is 0 Å². The van der Waals surface area contributed by atoms with Crippen LogP contribution in [0.25, 0.3) is 0 Å². The van der Waals surface area contributed by atoms with Crippen LogP contribution in [0, 0.1) is 10.1 Å². The number of benzene rings is 2. The Labute approximate surface area is 124 Å². The van der Waals surface area contributed by atoms with Crippen LogP contribution in [-0.4, -0.2) is 28.5 Å². The number of rotatable bonds is 3. The van der Waals surface area contributed by atoms with E-state index in [4.69, 9.17) is 9.47 Å². The number of carbonyl (C=O) groups is 1. The number of fused-ring (bicyclic) bond motifs is 1. The number of nitrogens with zero attached hydrogens (tertiary/aromatic N) is 1. The molecular formula is C15H11NO6. The first-order valence-corrected chi connectivity index (χ1v) is 6.46. The van der Waals surface area contributed by atoms with Crippen molar-refractivity contribution in [3.05, 3.63) is 58.1 Å². The number of phenolic OH excluding ortho intramolecular Hbond substituents is 1. The molecule has 0 saturated heterocycles. The molecule has 1 aliphatic heterocycles. The minimum absolute atomic E-state index is 0.00426. The Hall–Kier alpha value is -3.09. The normalized spacial score (nSPS) is 16.5. The Kier molecular flexibility index (Phi) is 3.38. The zero-order chi connectivity index (χ0) is 15.7. The Morgan fingerprint density at radius 3 is 2.86 bits per heavy atom. The highest BCUT2D eigenvalue weighted by Crippen LogP contribution is 2.30. The zero-order valence-corrected chi connectivity index (χ0v) is 11.3. The van der Waals surface area contributed by atoms with Crippen molar-refractivity contribution in [2.24, 2.45) is 0 Å². The second-order valence-corrected chi connectivity index (χ2v) is 4.72. The number of ketones is 1. The van der Waals surface area contributed by atoms with Gasteiger partial charge < -0.3 is 14.6 Å². The summed E-state index contributed by atoms with van der Waals surface area (Å²) >= 11 is 0.